The van der Waals surface area contributed by atoms with Crippen LogP contribution >= 0.6 is 11.3 Å². The highest BCUT2D eigenvalue weighted by Gasteiger charge is 2.13. The van der Waals surface area contributed by atoms with Gasteiger partial charge in [0.25, 0.3) is 0 Å². The Morgan fingerprint density at radius 3 is 1.46 bits per heavy atom. The molecule has 0 saturated carbocycles. The minimum Gasteiger partial charge on any atom is -0.135 e. The summed E-state index contributed by atoms with van der Waals surface area (Å²) in [4.78, 5) is 0. The maximum absolute atomic E-state index is 2.39. The smallest absolute Gasteiger partial charge is 0.0355 e. The van der Waals surface area contributed by atoms with Gasteiger partial charge in [-0.05, 0) is 80.6 Å². The van der Waals surface area contributed by atoms with Gasteiger partial charge in [-0.2, -0.15) is 0 Å². The predicted molar refractivity (Wildman–Crippen MR) is 153 cm³/mol. The Kier molecular flexibility index (Phi) is 4.75. The zero-order chi connectivity index (χ0) is 23.2. The number of benzene rings is 6. The molecule has 0 aliphatic heterocycles. The molecule has 0 spiro atoms. The van der Waals surface area contributed by atoms with Crippen molar-refractivity contribution in [2.24, 2.45) is 0 Å². The van der Waals surface area contributed by atoms with Crippen LogP contribution in [0.3, 0.4) is 0 Å². The quantitative estimate of drug-likeness (QED) is 0.245. The molecule has 0 aliphatic rings. The van der Waals surface area contributed by atoms with Crippen molar-refractivity contribution in [2.75, 3.05) is 0 Å². The van der Waals surface area contributed by atoms with Crippen LogP contribution in [0.5, 0.6) is 0 Å². The number of fused-ring (bicyclic) bond motifs is 4. The van der Waals surface area contributed by atoms with Crippen LogP contribution < -0.4 is 0 Å². The van der Waals surface area contributed by atoms with Crippen LogP contribution in [0, 0.1) is 0 Å². The summed E-state index contributed by atoms with van der Waals surface area (Å²) in [5, 5.41) is 5.19. The van der Waals surface area contributed by atoms with Crippen LogP contribution in [0.15, 0.2) is 133 Å². The Bertz CT molecular complexity index is 1830. The first-order valence-corrected chi connectivity index (χ1v) is 12.8. The topological polar surface area (TPSA) is 0 Å². The Morgan fingerprint density at radius 1 is 0.343 bits per heavy atom. The van der Waals surface area contributed by atoms with Crippen LogP contribution in [0.25, 0.3) is 64.3 Å². The highest BCUT2D eigenvalue weighted by atomic mass is 32.1. The van der Waals surface area contributed by atoms with Crippen molar-refractivity contribution in [3.63, 3.8) is 0 Å². The lowest BCUT2D eigenvalue weighted by molar-refractivity contribution is 1.62. The van der Waals surface area contributed by atoms with E-state index >= 15 is 0 Å². The van der Waals surface area contributed by atoms with Gasteiger partial charge >= 0.3 is 0 Å². The van der Waals surface area contributed by atoms with Crippen LogP contribution in [-0.4, -0.2) is 0 Å². The lowest BCUT2D eigenvalue weighted by atomic mass is 9.91. The van der Waals surface area contributed by atoms with Crippen LogP contribution in [-0.2, 0) is 0 Å². The van der Waals surface area contributed by atoms with E-state index in [1.807, 2.05) is 11.3 Å². The molecule has 0 nitrogen and oxygen atoms in total. The van der Waals surface area contributed by atoms with Crippen LogP contribution in [0.4, 0.5) is 0 Å². The van der Waals surface area contributed by atoms with Gasteiger partial charge in [-0.3, -0.25) is 0 Å². The maximum Gasteiger partial charge on any atom is 0.0355 e. The summed E-state index contributed by atoms with van der Waals surface area (Å²) in [5.41, 5.74) is 7.56. The predicted octanol–water partition coefficient (Wildman–Crippen LogP) is 10.2. The normalized spacial score (nSPS) is 11.4. The molecule has 0 aliphatic carbocycles. The van der Waals surface area contributed by atoms with E-state index in [9.17, 15) is 0 Å². The molecule has 0 unspecified atom stereocenters. The fourth-order valence-electron chi connectivity index (χ4n) is 5.09. The second-order valence-electron chi connectivity index (χ2n) is 9.00. The number of hydrogen-bond donors (Lipinski definition) is 0. The molecule has 7 rings (SSSR count). The third-order valence-electron chi connectivity index (χ3n) is 6.86. The zero-order valence-corrected chi connectivity index (χ0v) is 19.9. The average molecular weight is 463 g/mol. The van der Waals surface area contributed by atoms with E-state index in [1.54, 1.807) is 0 Å². The summed E-state index contributed by atoms with van der Waals surface area (Å²) in [7, 11) is 0. The van der Waals surface area contributed by atoms with Crippen molar-refractivity contribution in [1.29, 1.82) is 0 Å². The molecule has 0 amide bonds. The van der Waals surface area contributed by atoms with E-state index in [0.29, 0.717) is 0 Å². The van der Waals surface area contributed by atoms with Crippen molar-refractivity contribution < 1.29 is 0 Å². The average Bonchev–Trinajstić information content (AvgIpc) is 3.30. The van der Waals surface area contributed by atoms with Gasteiger partial charge in [0.2, 0.25) is 0 Å². The van der Waals surface area contributed by atoms with Crippen LogP contribution in [0.1, 0.15) is 0 Å². The first kappa shape index (κ1) is 20.2. The Hall–Kier alpha value is -4.20. The maximum atomic E-state index is 2.39. The largest absolute Gasteiger partial charge is 0.135 e. The zero-order valence-electron chi connectivity index (χ0n) is 19.1. The van der Waals surface area contributed by atoms with E-state index < -0.39 is 0 Å². The van der Waals surface area contributed by atoms with Crippen LogP contribution in [0.2, 0.25) is 0 Å². The molecule has 0 bridgehead atoms. The van der Waals surface area contributed by atoms with Gasteiger partial charge in [0.15, 0.2) is 0 Å². The minimum atomic E-state index is 1.25. The summed E-state index contributed by atoms with van der Waals surface area (Å²) in [5.74, 6) is 0. The highest BCUT2D eigenvalue weighted by molar-refractivity contribution is 7.25. The summed E-state index contributed by atoms with van der Waals surface area (Å²) in [6.45, 7) is 0. The van der Waals surface area contributed by atoms with Gasteiger partial charge in [0.1, 0.15) is 0 Å². The highest BCUT2D eigenvalue weighted by Crippen LogP contribution is 2.41. The van der Waals surface area contributed by atoms with E-state index in [4.69, 9.17) is 0 Å². The molecular weight excluding hydrogens is 440 g/mol. The van der Waals surface area contributed by atoms with E-state index in [2.05, 4.69) is 133 Å². The molecule has 1 heterocycles. The number of hydrogen-bond acceptors (Lipinski definition) is 1. The molecule has 164 valence electrons. The Labute approximate surface area is 208 Å². The third kappa shape index (κ3) is 3.53. The molecule has 6 aromatic carbocycles. The lowest BCUT2D eigenvalue weighted by Crippen LogP contribution is -1.87. The molecule has 7 aromatic rings. The van der Waals surface area contributed by atoms with Gasteiger partial charge < -0.3 is 0 Å². The lowest BCUT2D eigenvalue weighted by Gasteiger charge is -2.13. The summed E-state index contributed by atoms with van der Waals surface area (Å²) in [6.07, 6.45) is 0. The molecule has 1 aromatic heterocycles. The van der Waals surface area contributed by atoms with Gasteiger partial charge in [0, 0.05) is 20.2 Å². The molecule has 0 fully saturated rings. The molecule has 35 heavy (non-hydrogen) atoms. The van der Waals surface area contributed by atoms with Crippen molar-refractivity contribution in [3.05, 3.63) is 133 Å². The summed E-state index contributed by atoms with van der Waals surface area (Å²) >= 11 is 1.87. The second kappa shape index (κ2) is 8.23. The fraction of sp³-hybridized carbons (Fsp3) is 0. The SMILES string of the molecule is c1ccc(-c2ccc3sc4ccc(-c5cc6ccccc6cc5-c5ccccc5)cc4c3c2)cc1. The first-order valence-electron chi connectivity index (χ1n) is 11.9. The van der Waals surface area contributed by atoms with Crippen molar-refractivity contribution >= 4 is 42.3 Å². The second-order valence-corrected chi connectivity index (χ2v) is 10.1. The van der Waals surface area contributed by atoms with Gasteiger partial charge in [-0.1, -0.05) is 97.1 Å². The molecule has 0 radical (unpaired) electrons. The molecule has 0 N–H and O–H groups in total. The summed E-state index contributed by atoms with van der Waals surface area (Å²) < 4.78 is 2.66. The number of thiophene rings is 1. The molecular formula is C34H22S. The van der Waals surface area contributed by atoms with E-state index in [1.165, 1.54) is 64.3 Å². The van der Waals surface area contributed by atoms with E-state index in [0.717, 1.165) is 0 Å². The molecule has 1 heteroatoms. The summed E-state index contributed by atoms with van der Waals surface area (Å²) in [6, 6.07) is 48.5. The Morgan fingerprint density at radius 2 is 0.829 bits per heavy atom. The third-order valence-corrected chi connectivity index (χ3v) is 8.01. The molecule has 0 atom stereocenters. The fourth-order valence-corrected chi connectivity index (χ4v) is 6.16. The van der Waals surface area contributed by atoms with Crippen molar-refractivity contribution in [2.45, 2.75) is 0 Å². The standard InChI is InChI=1S/C34H22S/c1-3-9-23(10-4-1)27-15-17-33-31(21-27)32-22-28(16-18-34(32)35-33)30-20-26-14-8-7-13-25(26)19-29(30)24-11-5-2-6-12-24/h1-22H. The first-order chi connectivity index (χ1) is 17.3. The van der Waals surface area contributed by atoms with Crippen molar-refractivity contribution in [1.82, 2.24) is 0 Å². The van der Waals surface area contributed by atoms with Gasteiger partial charge in [-0.15, -0.1) is 11.3 Å². The number of rotatable bonds is 3. The van der Waals surface area contributed by atoms with Gasteiger partial charge in [0.05, 0.1) is 0 Å². The van der Waals surface area contributed by atoms with Crippen molar-refractivity contribution in [3.8, 4) is 33.4 Å². The monoisotopic (exact) mass is 462 g/mol. The molecule has 0 saturated heterocycles. The minimum absolute atomic E-state index is 1.25. The Balaban J connectivity index is 1.47. The van der Waals surface area contributed by atoms with E-state index in [-0.39, 0.29) is 0 Å². The van der Waals surface area contributed by atoms with Gasteiger partial charge in [-0.25, -0.2) is 0 Å².